The maximum Gasteiger partial charge on any atom is 0.134 e. The molecule has 0 aliphatic heterocycles. The van der Waals surface area contributed by atoms with Crippen LogP contribution in [0, 0.1) is 96.9 Å². The topological polar surface area (TPSA) is 26.3 Å². The predicted octanol–water partition coefficient (Wildman–Crippen LogP) is 22.5. The third-order valence-corrected chi connectivity index (χ3v) is 17.4. The van der Waals surface area contributed by atoms with E-state index < -0.39 is 0 Å². The molecule has 0 atom stereocenters. The van der Waals surface area contributed by atoms with Crippen molar-refractivity contribution in [3.63, 3.8) is 0 Å². The van der Waals surface area contributed by atoms with Gasteiger partial charge in [0.05, 0.1) is 0 Å². The third kappa shape index (κ3) is 13.8. The quantitative estimate of drug-likeness (QED) is 0.151. The van der Waals surface area contributed by atoms with Gasteiger partial charge in [-0.15, -0.1) is 45.3 Å². The smallest absolute Gasteiger partial charge is 0.134 e. The van der Waals surface area contributed by atoms with Crippen LogP contribution in [0.5, 0.6) is 0 Å². The second-order valence-corrected chi connectivity index (χ2v) is 23.5. The fraction of sp³-hybridized carbons (Fsp3) is 0.206. The highest BCUT2D eigenvalue weighted by atomic mass is 32.1. The Morgan fingerprint density at radius 2 is 0.878 bits per heavy atom. The van der Waals surface area contributed by atoms with Crippen LogP contribution < -0.4 is 0 Å². The molecule has 0 radical (unpaired) electrons. The van der Waals surface area contributed by atoms with Gasteiger partial charge >= 0.3 is 0 Å². The molecule has 6 heteroatoms. The van der Waals surface area contributed by atoms with Crippen molar-refractivity contribution in [1.82, 2.24) is 0 Å². The van der Waals surface area contributed by atoms with Gasteiger partial charge < -0.3 is 8.83 Å². The van der Waals surface area contributed by atoms with E-state index in [-0.39, 0.29) is 0 Å². The maximum absolute atomic E-state index is 5.58. The second kappa shape index (κ2) is 25.6. The monoisotopic (exact) mass is 1050 g/mol. The van der Waals surface area contributed by atoms with Crippen LogP contribution in [-0.4, -0.2) is 0 Å². The lowest BCUT2D eigenvalue weighted by molar-refractivity contribution is 0.575. The summed E-state index contributed by atoms with van der Waals surface area (Å²) in [6.45, 7) is 29.8. The molecule has 7 aromatic carbocycles. The van der Waals surface area contributed by atoms with E-state index in [9.17, 15) is 0 Å². The summed E-state index contributed by atoms with van der Waals surface area (Å²) < 4.78 is 16.6. The Balaban J connectivity index is 0.000000127. The molecule has 0 bridgehead atoms. The van der Waals surface area contributed by atoms with Crippen LogP contribution in [0.2, 0.25) is 0 Å². The normalized spacial score (nSPS) is 10.6. The van der Waals surface area contributed by atoms with Crippen LogP contribution >= 0.6 is 45.3 Å². The first-order valence-corrected chi connectivity index (χ1v) is 28.6. The number of furan rings is 2. The first kappa shape index (κ1) is 55.2. The van der Waals surface area contributed by atoms with E-state index >= 15 is 0 Å². The summed E-state index contributed by atoms with van der Waals surface area (Å²) in [4.78, 5) is 2.84. The zero-order valence-corrected chi connectivity index (χ0v) is 48.9. The molecule has 6 heterocycles. The fourth-order valence-corrected chi connectivity index (χ4v) is 13.1. The molecule has 0 saturated carbocycles. The Bertz CT molecular complexity index is 3730. The zero-order valence-electron chi connectivity index (χ0n) is 45.6. The minimum Gasteiger partial charge on any atom is -0.461 e. The number of rotatable bonds is 0. The first-order chi connectivity index (χ1) is 35.5. The summed E-state index contributed by atoms with van der Waals surface area (Å²) in [5, 5.41) is 12.6. The van der Waals surface area contributed by atoms with E-state index in [0.29, 0.717) is 0 Å². The van der Waals surface area contributed by atoms with Gasteiger partial charge in [0, 0.05) is 39.3 Å². The van der Waals surface area contributed by atoms with Crippen LogP contribution in [0.1, 0.15) is 76.9 Å². The highest BCUT2D eigenvalue weighted by Gasteiger charge is 2.08. The van der Waals surface area contributed by atoms with Crippen molar-refractivity contribution >= 4 is 108 Å². The molecule has 0 fully saturated rings. The molecule has 0 N–H and O–H groups in total. The number of hydrogen-bond donors (Lipinski definition) is 0. The molecule has 0 amide bonds. The minimum absolute atomic E-state index is 0.981. The minimum atomic E-state index is 0.981. The van der Waals surface area contributed by atoms with Crippen LogP contribution in [0.15, 0.2) is 177 Å². The van der Waals surface area contributed by atoms with Crippen molar-refractivity contribution in [2.45, 2.75) is 96.9 Å². The standard InChI is InChI=1S/C11H12O.C11H12S.C10H10O.2C10H10S.C9H8S.C7H8/c2*1-7-5-4-6-10-11(7)8(2)9(3)12-10;2*1-7-4-3-5-10-9(7)6-8(2)11-10;1-7-4-3-5-9-10(7)8(2)6-11-9;1-7-3-2-4-9-8(7)5-6-10-9;1-7-5-3-2-4-6-7/h2*4-6H,1-3H3;3*3-6H,1-2H3;2-6H,1H3;2-6H,1H3. The molecule has 378 valence electrons. The second-order valence-electron chi connectivity index (χ2n) is 19.1. The Hall–Kier alpha value is -6.54. The third-order valence-electron chi connectivity index (χ3n) is 13.3. The zero-order chi connectivity index (χ0) is 53.1. The molecule has 0 aliphatic carbocycles. The van der Waals surface area contributed by atoms with Crippen molar-refractivity contribution in [2.75, 3.05) is 0 Å². The molecule has 0 unspecified atom stereocenters. The van der Waals surface area contributed by atoms with E-state index in [1.54, 1.807) is 11.3 Å². The molecule has 0 spiro atoms. The summed E-state index contributed by atoms with van der Waals surface area (Å²) in [7, 11) is 0. The van der Waals surface area contributed by atoms with Crippen molar-refractivity contribution in [1.29, 1.82) is 0 Å². The molecule has 13 aromatic rings. The lowest BCUT2D eigenvalue weighted by atomic mass is 10.1. The summed E-state index contributed by atoms with van der Waals surface area (Å²) in [6.07, 6.45) is 0. The molecule has 0 aliphatic rings. The van der Waals surface area contributed by atoms with E-state index in [2.05, 4.69) is 209 Å². The maximum atomic E-state index is 5.58. The van der Waals surface area contributed by atoms with Crippen molar-refractivity contribution in [2.24, 2.45) is 0 Å². The van der Waals surface area contributed by atoms with Crippen molar-refractivity contribution in [3.05, 3.63) is 245 Å². The summed E-state index contributed by atoms with van der Waals surface area (Å²) in [5.74, 6) is 2.01. The van der Waals surface area contributed by atoms with Gasteiger partial charge in [0.1, 0.15) is 22.7 Å². The van der Waals surface area contributed by atoms with Crippen LogP contribution in [-0.2, 0) is 0 Å². The van der Waals surface area contributed by atoms with E-state index in [0.717, 1.165) is 22.7 Å². The van der Waals surface area contributed by atoms with Gasteiger partial charge in [-0.1, -0.05) is 109 Å². The summed E-state index contributed by atoms with van der Waals surface area (Å²) in [6, 6.07) is 54.9. The number of benzene rings is 7. The largest absolute Gasteiger partial charge is 0.461 e. The van der Waals surface area contributed by atoms with E-state index in [1.807, 2.05) is 90.3 Å². The van der Waals surface area contributed by atoms with Crippen LogP contribution in [0.25, 0.3) is 62.3 Å². The first-order valence-electron chi connectivity index (χ1n) is 25.2. The van der Waals surface area contributed by atoms with Crippen LogP contribution in [0.3, 0.4) is 0 Å². The average Bonchev–Trinajstić information content (AvgIpc) is 4.25. The molecule has 74 heavy (non-hydrogen) atoms. The molecular weight excluding hydrogens is 977 g/mol. The average molecular weight is 1050 g/mol. The van der Waals surface area contributed by atoms with Gasteiger partial charge in [-0.3, -0.25) is 0 Å². The Morgan fingerprint density at radius 3 is 1.45 bits per heavy atom. The lowest BCUT2D eigenvalue weighted by Crippen LogP contribution is -1.75. The van der Waals surface area contributed by atoms with Gasteiger partial charge in [0.15, 0.2) is 0 Å². The van der Waals surface area contributed by atoms with E-state index in [4.69, 9.17) is 8.83 Å². The van der Waals surface area contributed by atoms with Crippen molar-refractivity contribution < 1.29 is 8.83 Å². The van der Waals surface area contributed by atoms with Crippen LogP contribution in [0.4, 0.5) is 0 Å². The van der Waals surface area contributed by atoms with E-state index in [1.165, 1.54) is 117 Å². The van der Waals surface area contributed by atoms with Crippen molar-refractivity contribution in [3.8, 4) is 0 Å². The molecular formula is C68H70O2S4. The molecule has 6 aromatic heterocycles. The fourth-order valence-electron chi connectivity index (χ4n) is 9.05. The summed E-state index contributed by atoms with van der Waals surface area (Å²) in [5.41, 5.74) is 15.6. The van der Waals surface area contributed by atoms with Gasteiger partial charge in [-0.2, -0.15) is 0 Å². The number of hydrogen-bond acceptors (Lipinski definition) is 6. The SMILES string of the molecule is Cc1cc2c(C)cccc2o1.Cc1cc2c(C)cccc2s1.Cc1cccc2scc(C)c12.Cc1cccc2sccc12.Cc1ccccc1.Cc1oc2cccc(C)c2c1C.Cc1sc2cccc(C)c2c1C. The van der Waals surface area contributed by atoms with Gasteiger partial charge in [0.2, 0.25) is 0 Å². The summed E-state index contributed by atoms with van der Waals surface area (Å²) >= 11 is 7.39. The molecule has 13 rings (SSSR count). The van der Waals surface area contributed by atoms with Gasteiger partial charge in [-0.25, -0.2) is 0 Å². The Morgan fingerprint density at radius 1 is 0.338 bits per heavy atom. The number of thiophene rings is 4. The number of aryl methyl sites for hydroxylation is 14. The molecule has 0 saturated heterocycles. The highest BCUT2D eigenvalue weighted by molar-refractivity contribution is 7.19. The highest BCUT2D eigenvalue weighted by Crippen LogP contribution is 2.33. The Labute approximate surface area is 455 Å². The van der Waals surface area contributed by atoms with Gasteiger partial charge in [0.25, 0.3) is 0 Å². The number of fused-ring (bicyclic) bond motifs is 6. The predicted molar refractivity (Wildman–Crippen MR) is 332 cm³/mol. The lowest BCUT2D eigenvalue weighted by Gasteiger charge is -1.96. The Kier molecular flexibility index (Phi) is 19.1. The molecule has 2 nitrogen and oxygen atoms in total. The van der Waals surface area contributed by atoms with Gasteiger partial charge in [-0.05, 0) is 234 Å².